The van der Waals surface area contributed by atoms with E-state index in [9.17, 15) is 87.3 Å². The van der Waals surface area contributed by atoms with Gasteiger partial charge in [-0.2, -0.15) is 142 Å². The van der Waals surface area contributed by atoms with Gasteiger partial charge in [-0.05, 0) is 246 Å². The average molecular weight is 2230 g/mol. The van der Waals surface area contributed by atoms with E-state index in [1.54, 1.807) is 127 Å². The Morgan fingerprint density at radius 3 is 0.947 bits per heavy atom. The van der Waals surface area contributed by atoms with E-state index in [-0.39, 0.29) is 146 Å². The van der Waals surface area contributed by atoms with Crippen LogP contribution >= 0.6 is 101 Å². The summed E-state index contributed by atoms with van der Waals surface area (Å²) in [6, 6.07) is 35.7. The summed E-state index contributed by atoms with van der Waals surface area (Å²) < 4.78 is 208. The lowest BCUT2D eigenvalue weighted by atomic mass is 10.0. The van der Waals surface area contributed by atoms with Crippen molar-refractivity contribution in [2.24, 2.45) is 0 Å². The molecule has 16 heterocycles. The maximum absolute atomic E-state index is 13.5. The second-order valence-electron chi connectivity index (χ2n) is 34.7. The SMILES string of the molecule is COc1nc(N2C[C@H](C)n3ncc(-c4ccnc(C[11CH3])c4)c3C2=O)ccc1C(F)(F)F.C[C@H]1CN(c2ccc(C(F)(F)F)cc2)C(=O)c2c(-c3ccnc(C[11CH3])c3)cnn21.C[C@H]1CN(c2ccc(C(F)(F)F)cc2)C(=O)c2c(-c3ccnc([11CH3])c3)cnn21.C[C@H]1CN(c2ccc(Cl)c(Cl)c2)C(=O)c2c(-c3ccnc([18F])c3)cnn21.C[C@H]1CN(c2ccc(S(F)(F)(F)(F)F)cc2)C(=O)c2c(-c3ccnc(C[11CH3])c3)cnn21.S.S.S.S.S. The number of aryl methyl sites for hydroxylation is 4. The molecule has 0 saturated carbocycles. The number of aromatic nitrogens is 16. The number of halogens is 17. The highest BCUT2D eigenvalue weighted by molar-refractivity contribution is 8.45. The number of nitrogens with zero attached hydrogens (tertiary/aromatic N) is 21. The van der Waals surface area contributed by atoms with Crippen molar-refractivity contribution in [3.05, 3.63) is 310 Å². The second kappa shape index (κ2) is 45.4. The van der Waals surface area contributed by atoms with Crippen LogP contribution in [0, 0.1) is 12.9 Å². The third kappa shape index (κ3) is 24.4. The highest BCUT2D eigenvalue weighted by Gasteiger charge is 2.65. The van der Waals surface area contributed by atoms with Gasteiger partial charge in [0.15, 0.2) is 0 Å². The minimum Gasteiger partial charge on any atom is -0.481 e. The van der Waals surface area contributed by atoms with Crippen molar-refractivity contribution in [2.45, 2.75) is 135 Å². The molecule has 150 heavy (non-hydrogen) atoms. The molecule has 5 aliphatic heterocycles. The highest BCUT2D eigenvalue weighted by atomic mass is 35.5. The number of alkyl halides is 9. The number of carbonyl (C=O) groups excluding carboxylic acids is 5. The van der Waals surface area contributed by atoms with Gasteiger partial charge < -0.3 is 24.3 Å². The van der Waals surface area contributed by atoms with Gasteiger partial charge in [0.25, 0.3) is 29.5 Å². The van der Waals surface area contributed by atoms with Crippen molar-refractivity contribution in [1.29, 1.82) is 0 Å². The molecular weight excluding hydrogens is 2130 g/mol. The lowest BCUT2D eigenvalue weighted by Gasteiger charge is -2.40. The lowest BCUT2D eigenvalue weighted by molar-refractivity contribution is -0.139. The number of amides is 5. The van der Waals surface area contributed by atoms with Gasteiger partial charge in [-0.25, -0.2) is 4.98 Å². The first-order valence-electron chi connectivity index (χ1n) is 45.2. The Hall–Kier alpha value is -13.4. The van der Waals surface area contributed by atoms with Crippen LogP contribution in [0.4, 0.5) is 91.9 Å². The predicted octanol–water partition coefficient (Wildman–Crippen LogP) is 25.0. The number of ether oxygens (including phenoxy) is 1. The van der Waals surface area contributed by atoms with Gasteiger partial charge in [0, 0.05) is 143 Å². The summed E-state index contributed by atoms with van der Waals surface area (Å²) in [5.74, 6) is -2.78. The van der Waals surface area contributed by atoms with Gasteiger partial charge in [0.05, 0.1) is 89.5 Å². The summed E-state index contributed by atoms with van der Waals surface area (Å²) in [4.78, 5) is 96.1. The first-order chi connectivity index (χ1) is 68.5. The molecule has 5 aliphatic rings. The first kappa shape index (κ1) is 117. The Morgan fingerprint density at radius 2 is 0.647 bits per heavy atom. The van der Waals surface area contributed by atoms with Crippen LogP contribution in [-0.2, 0) is 37.8 Å². The summed E-state index contributed by atoms with van der Waals surface area (Å²) in [6.45, 7) is 18.7. The van der Waals surface area contributed by atoms with Crippen LogP contribution in [0.2, 0.25) is 10.0 Å². The Bertz CT molecular complexity index is 7500. The number of fused-ring (bicyclic) bond motifs is 5. The van der Waals surface area contributed by atoms with Gasteiger partial charge in [-0.3, -0.25) is 72.2 Å². The molecule has 27 nitrogen and oxygen atoms in total. The molecule has 0 aliphatic carbocycles. The van der Waals surface area contributed by atoms with Crippen LogP contribution in [0.5, 0.6) is 5.88 Å². The van der Waals surface area contributed by atoms with E-state index in [4.69, 9.17) is 27.9 Å². The minimum absolute atomic E-state index is 0. The highest BCUT2D eigenvalue weighted by Crippen LogP contribution is 3.02. The topological polar surface area (TPSA) is 277 Å². The second-order valence-corrected chi connectivity index (χ2v) is 37.9. The molecule has 794 valence electrons. The molecule has 5 atom stereocenters. The number of carbonyl (C=O) groups is 5. The van der Waals surface area contributed by atoms with Gasteiger partial charge in [-0.1, -0.05) is 63.4 Å². The quantitative estimate of drug-likeness (QED) is 0.0681. The maximum Gasteiger partial charge on any atom is 0.421 e. The van der Waals surface area contributed by atoms with Crippen molar-refractivity contribution in [1.82, 2.24) is 78.8 Å². The maximum atomic E-state index is 13.5. The van der Waals surface area contributed by atoms with Gasteiger partial charge in [-0.15, -0.1) is 0 Å². The first-order valence-corrected chi connectivity index (χ1v) is 47.9. The smallest absolute Gasteiger partial charge is 0.421 e. The molecule has 0 unspecified atom stereocenters. The van der Waals surface area contributed by atoms with Crippen molar-refractivity contribution >= 4 is 159 Å². The fraction of sp³-hybridized carbons (Fsp3) is 0.260. The normalized spacial score (nSPS) is 16.6. The number of benzene rings is 4. The lowest BCUT2D eigenvalue weighted by Crippen LogP contribution is -2.43. The van der Waals surface area contributed by atoms with Crippen LogP contribution in [0.3, 0.4) is 0 Å². The van der Waals surface area contributed by atoms with E-state index in [2.05, 4.69) is 55.4 Å². The zero-order valence-corrected chi connectivity index (χ0v) is 88.4. The van der Waals surface area contributed by atoms with E-state index in [0.717, 1.165) is 107 Å². The summed E-state index contributed by atoms with van der Waals surface area (Å²) in [5.41, 5.74) is 11.3. The Labute approximate surface area is 894 Å². The van der Waals surface area contributed by atoms with Crippen molar-refractivity contribution in [3.63, 3.8) is 0 Å². The number of hydrogen-bond donors (Lipinski definition) is 0. The molecule has 4 aromatic carbocycles. The molecule has 50 heteroatoms. The molecule has 0 radical (unpaired) electrons. The van der Waals surface area contributed by atoms with E-state index >= 15 is 0 Å². The number of pyridine rings is 6. The van der Waals surface area contributed by atoms with Crippen LogP contribution in [0.25, 0.3) is 55.6 Å². The van der Waals surface area contributed by atoms with Gasteiger partial charge in [0.1, 0.15) is 44.7 Å². The van der Waals surface area contributed by atoms with Crippen molar-refractivity contribution in [3.8, 4) is 61.5 Å². The average Bonchev–Trinajstić information content (AvgIpc) is 0.919. The summed E-state index contributed by atoms with van der Waals surface area (Å²) in [7, 11) is -8.67. The molecule has 0 spiro atoms. The van der Waals surface area contributed by atoms with Crippen LogP contribution in [-0.4, -0.2) is 148 Å². The standard InChI is InChI=1S/C21H20F3N5O2.C21H19F3N4O.C20H19F5N4OS.C20H17F3N4O.C18H13Cl2FN4O.5H2S/c1-4-14-9-13(7-8-25-14)15-10-26-29-12(2)11-28(20(30)18(15)29)17-6-5-16(21(22,23)24)19(27-17)31-3;1-3-16-10-14(8-9-25-16)18-11-26-28-13(2)12-27(20(29)19(18)28)17-6-4-15(5-7-17)21(22,23)24;1-3-15-10-14(8-9-26-15)18-11-27-29-13(2)12-28(20(30)19(18)29)16-4-6-17(7-5-16)31(21,22,23,24)25;1-12-9-14(7-8-24-12)17-10-25-27-13(2)11-26(19(28)18(17)27)16-5-3-15(4-6-16)20(21,22)23;1-10-9-24(12-2-3-14(19)15(20)7-12)18(26)17-13(8-23-25(10)17)11-4-5-22-16(21)6-11;;;;;/h5-10,12H,4,11H2,1-3H3;4-11,13H,3,12H2,1-2H3;4-11,13H,3,12H2,1-2H3;3-10,13H,11H2,1-2H3;2-8,10H,9H2,1H3;5*1H2/t12-;3*13-;10-;;;;;/m00000...../s1/i4*1-1;21-1;;;;;. The fourth-order valence-electron chi connectivity index (χ4n) is 17.4. The minimum atomic E-state index is -9.78. The molecule has 11 aromatic heterocycles. The molecular formula is C100H98Cl2F15N21O6S6. The fourth-order valence-corrected chi connectivity index (χ4v) is 18.3. The Balaban J connectivity index is 0.000000177. The number of anilines is 5. The molecule has 15 aromatic rings. The van der Waals surface area contributed by atoms with Crippen molar-refractivity contribution < 1.29 is 92.0 Å². The zero-order chi connectivity index (χ0) is 104. The van der Waals surface area contributed by atoms with Crippen LogP contribution in [0.1, 0.15) is 178 Å². The summed E-state index contributed by atoms with van der Waals surface area (Å²) in [6.07, 6.45) is 4.88. The number of methoxy groups -OCH3 is 1. The number of hydrogen-bond acceptors (Lipinski definition) is 17. The van der Waals surface area contributed by atoms with Crippen molar-refractivity contribution in [2.75, 3.05) is 64.3 Å². The number of rotatable bonds is 15. The zero-order valence-electron chi connectivity index (χ0n) is 81.1. The summed E-state index contributed by atoms with van der Waals surface area (Å²) >= 11 is 12.1. The Morgan fingerprint density at radius 1 is 0.353 bits per heavy atom. The van der Waals surface area contributed by atoms with Gasteiger partial charge >= 0.3 is 28.8 Å². The third-order valence-electron chi connectivity index (χ3n) is 24.7. The predicted molar refractivity (Wildman–Crippen MR) is 567 cm³/mol. The van der Waals surface area contributed by atoms with Crippen LogP contribution < -0.4 is 29.2 Å². The molecule has 0 saturated heterocycles. The summed E-state index contributed by atoms with van der Waals surface area (Å²) in [5, 5.41) is 22.6. The molecule has 0 fully saturated rings. The van der Waals surface area contributed by atoms with E-state index in [1.165, 1.54) is 62.2 Å². The molecule has 0 N–H and O–H groups in total. The molecule has 0 bridgehead atoms. The Kier molecular flexibility index (Phi) is 35.4. The van der Waals surface area contributed by atoms with Crippen LogP contribution in [0.15, 0.2) is 231 Å². The molecule has 20 rings (SSSR count). The van der Waals surface area contributed by atoms with E-state index < -0.39 is 74.0 Å². The van der Waals surface area contributed by atoms with E-state index in [0.29, 0.717) is 121 Å². The van der Waals surface area contributed by atoms with E-state index in [1.807, 2.05) is 92.6 Å². The van der Waals surface area contributed by atoms with Gasteiger partial charge in [0.2, 0.25) is 11.8 Å². The largest absolute Gasteiger partial charge is 0.481 e. The third-order valence-corrected chi connectivity index (χ3v) is 26.6. The monoisotopic (exact) mass is 2230 g/mol. The molecule has 5 amide bonds.